The third-order valence-corrected chi connectivity index (χ3v) is 2.20. The van der Waals surface area contributed by atoms with Gasteiger partial charge in [0.2, 0.25) is 0 Å². The summed E-state index contributed by atoms with van der Waals surface area (Å²) in [5.74, 6) is 0.0514. The molecular formula is C14H20N2O2. The minimum absolute atomic E-state index is 0.0127. The van der Waals surface area contributed by atoms with Crippen LogP contribution in [0.1, 0.15) is 26.3 Å². The Bertz CT molecular complexity index is 459. The van der Waals surface area contributed by atoms with Gasteiger partial charge in [0.15, 0.2) is 0 Å². The highest BCUT2D eigenvalue weighted by molar-refractivity contribution is 5.91. The van der Waals surface area contributed by atoms with Crippen LogP contribution in [-0.2, 0) is 0 Å². The number of hydrogen-bond donors (Lipinski definition) is 3. The van der Waals surface area contributed by atoms with Crippen molar-refractivity contribution >= 4 is 11.7 Å². The fourth-order valence-corrected chi connectivity index (χ4v) is 1.28. The van der Waals surface area contributed by atoms with Crippen molar-refractivity contribution < 1.29 is 9.90 Å². The van der Waals surface area contributed by atoms with Gasteiger partial charge in [-0.3, -0.25) is 0 Å². The smallest absolute Gasteiger partial charge is 0.323 e. The number of rotatable bonds is 2. The molecule has 0 aliphatic rings. The van der Waals surface area contributed by atoms with Crippen molar-refractivity contribution in [3.8, 4) is 5.75 Å². The van der Waals surface area contributed by atoms with Crippen molar-refractivity contribution in [2.45, 2.75) is 27.7 Å². The molecule has 3 N–H and O–H groups in total. The SMILES string of the molecule is Cc1ccc(O)c(NC(=O)N/C=C/C(C)(C)C)c1. The van der Waals surface area contributed by atoms with Crippen LogP contribution in [0.4, 0.5) is 10.5 Å². The number of amides is 2. The van der Waals surface area contributed by atoms with Crippen molar-refractivity contribution in [3.05, 3.63) is 36.0 Å². The molecule has 4 heteroatoms. The van der Waals surface area contributed by atoms with Gasteiger partial charge in [0, 0.05) is 6.20 Å². The lowest BCUT2D eigenvalue weighted by Gasteiger charge is -2.11. The first kappa shape index (κ1) is 14.1. The molecule has 0 aliphatic heterocycles. The number of urea groups is 1. The number of carbonyl (C=O) groups is 1. The predicted octanol–water partition coefficient (Wildman–Crippen LogP) is 3.38. The molecule has 0 atom stereocenters. The molecule has 1 aromatic rings. The quantitative estimate of drug-likeness (QED) is 0.703. The Labute approximate surface area is 108 Å². The Morgan fingerprint density at radius 3 is 2.61 bits per heavy atom. The lowest BCUT2D eigenvalue weighted by Crippen LogP contribution is -2.24. The number of phenolic OH excluding ortho intramolecular Hbond substituents is 1. The number of aromatic hydroxyl groups is 1. The summed E-state index contributed by atoms with van der Waals surface area (Å²) in [4.78, 5) is 11.6. The largest absolute Gasteiger partial charge is 0.506 e. The molecule has 0 spiro atoms. The van der Waals surface area contributed by atoms with Gasteiger partial charge in [0.25, 0.3) is 0 Å². The van der Waals surface area contributed by atoms with Crippen LogP contribution in [-0.4, -0.2) is 11.1 Å². The van der Waals surface area contributed by atoms with E-state index in [0.717, 1.165) is 5.56 Å². The van der Waals surface area contributed by atoms with E-state index >= 15 is 0 Å². The fourth-order valence-electron chi connectivity index (χ4n) is 1.28. The van der Waals surface area contributed by atoms with E-state index in [0.29, 0.717) is 5.69 Å². The van der Waals surface area contributed by atoms with E-state index in [-0.39, 0.29) is 17.2 Å². The molecular weight excluding hydrogens is 228 g/mol. The van der Waals surface area contributed by atoms with Crippen LogP contribution in [0.2, 0.25) is 0 Å². The van der Waals surface area contributed by atoms with Gasteiger partial charge < -0.3 is 15.7 Å². The zero-order valence-corrected chi connectivity index (χ0v) is 11.2. The highest BCUT2D eigenvalue weighted by atomic mass is 16.3. The summed E-state index contributed by atoms with van der Waals surface area (Å²) >= 11 is 0. The van der Waals surface area contributed by atoms with Crippen LogP contribution in [0.5, 0.6) is 5.75 Å². The molecule has 0 bridgehead atoms. The number of hydrogen-bond acceptors (Lipinski definition) is 2. The normalized spacial score (nSPS) is 11.6. The van der Waals surface area contributed by atoms with E-state index in [1.165, 1.54) is 0 Å². The van der Waals surface area contributed by atoms with Crippen molar-refractivity contribution in [1.82, 2.24) is 5.32 Å². The molecule has 98 valence electrons. The third-order valence-electron chi connectivity index (χ3n) is 2.20. The first-order chi connectivity index (χ1) is 8.28. The summed E-state index contributed by atoms with van der Waals surface area (Å²) in [7, 11) is 0. The van der Waals surface area contributed by atoms with Gasteiger partial charge in [-0.05, 0) is 30.0 Å². The Kier molecular flexibility index (Phi) is 4.37. The number of aryl methyl sites for hydroxylation is 1. The van der Waals surface area contributed by atoms with Crippen molar-refractivity contribution in [2.24, 2.45) is 5.41 Å². The Balaban J connectivity index is 2.60. The number of anilines is 1. The standard InChI is InChI=1S/C14H20N2O2/c1-10-5-6-12(17)11(9-10)16-13(18)15-8-7-14(2,3)4/h5-9,17H,1-4H3,(H2,15,16,18)/b8-7+. The molecule has 0 unspecified atom stereocenters. The van der Waals surface area contributed by atoms with E-state index in [1.807, 2.05) is 33.8 Å². The topological polar surface area (TPSA) is 61.4 Å². The van der Waals surface area contributed by atoms with Crippen LogP contribution < -0.4 is 10.6 Å². The van der Waals surface area contributed by atoms with Crippen molar-refractivity contribution in [2.75, 3.05) is 5.32 Å². The molecule has 0 heterocycles. The van der Waals surface area contributed by atoms with Gasteiger partial charge in [-0.25, -0.2) is 4.79 Å². The number of phenols is 1. The van der Waals surface area contributed by atoms with Crippen LogP contribution in [0.15, 0.2) is 30.5 Å². The van der Waals surface area contributed by atoms with E-state index < -0.39 is 0 Å². The van der Waals surface area contributed by atoms with Crippen LogP contribution >= 0.6 is 0 Å². The number of nitrogens with one attached hydrogen (secondary N) is 2. The van der Waals surface area contributed by atoms with Gasteiger partial charge in [-0.2, -0.15) is 0 Å². The van der Waals surface area contributed by atoms with Gasteiger partial charge in [0.05, 0.1) is 5.69 Å². The molecule has 0 saturated carbocycles. The van der Waals surface area contributed by atoms with Gasteiger partial charge in [-0.15, -0.1) is 0 Å². The molecule has 4 nitrogen and oxygen atoms in total. The van der Waals surface area contributed by atoms with Crippen molar-refractivity contribution in [1.29, 1.82) is 0 Å². The minimum atomic E-state index is -0.378. The van der Waals surface area contributed by atoms with E-state index in [4.69, 9.17) is 0 Å². The van der Waals surface area contributed by atoms with Gasteiger partial charge in [-0.1, -0.05) is 32.9 Å². The molecule has 0 saturated heterocycles. The molecule has 18 heavy (non-hydrogen) atoms. The lowest BCUT2D eigenvalue weighted by atomic mass is 9.97. The second-order valence-electron chi connectivity index (χ2n) is 5.32. The Hall–Kier alpha value is -1.97. The molecule has 2 amide bonds. The fraction of sp³-hybridized carbons (Fsp3) is 0.357. The second-order valence-corrected chi connectivity index (χ2v) is 5.32. The van der Waals surface area contributed by atoms with Crippen LogP contribution in [0.25, 0.3) is 0 Å². The zero-order chi connectivity index (χ0) is 13.8. The third kappa shape index (κ3) is 4.91. The molecule has 0 fully saturated rings. The minimum Gasteiger partial charge on any atom is -0.506 e. The van der Waals surface area contributed by atoms with Gasteiger partial charge in [0.1, 0.15) is 5.75 Å². The first-order valence-corrected chi connectivity index (χ1v) is 5.83. The Morgan fingerprint density at radius 2 is 2.00 bits per heavy atom. The monoisotopic (exact) mass is 248 g/mol. The average molecular weight is 248 g/mol. The van der Waals surface area contributed by atoms with Crippen LogP contribution in [0.3, 0.4) is 0 Å². The van der Waals surface area contributed by atoms with Crippen molar-refractivity contribution in [3.63, 3.8) is 0 Å². The lowest BCUT2D eigenvalue weighted by molar-refractivity contribution is 0.255. The summed E-state index contributed by atoms with van der Waals surface area (Å²) in [5, 5.41) is 14.8. The van der Waals surface area contributed by atoms with Gasteiger partial charge >= 0.3 is 6.03 Å². The maximum absolute atomic E-state index is 11.6. The highest BCUT2D eigenvalue weighted by Gasteiger charge is 2.06. The zero-order valence-electron chi connectivity index (χ0n) is 11.2. The average Bonchev–Trinajstić information content (AvgIpc) is 2.21. The molecule has 0 radical (unpaired) electrons. The summed E-state index contributed by atoms with van der Waals surface area (Å²) in [6, 6.07) is 4.66. The predicted molar refractivity (Wildman–Crippen MR) is 73.6 cm³/mol. The number of allylic oxidation sites excluding steroid dienone is 1. The molecule has 1 rings (SSSR count). The van der Waals surface area contributed by atoms with E-state index in [1.54, 1.807) is 24.4 Å². The highest BCUT2D eigenvalue weighted by Crippen LogP contribution is 2.23. The second kappa shape index (κ2) is 5.58. The molecule has 0 aliphatic carbocycles. The van der Waals surface area contributed by atoms with E-state index in [9.17, 15) is 9.90 Å². The summed E-state index contributed by atoms with van der Waals surface area (Å²) in [5.41, 5.74) is 1.38. The Morgan fingerprint density at radius 1 is 1.33 bits per heavy atom. The molecule has 0 aromatic heterocycles. The maximum Gasteiger partial charge on any atom is 0.323 e. The molecule has 1 aromatic carbocycles. The first-order valence-electron chi connectivity index (χ1n) is 5.83. The van der Waals surface area contributed by atoms with Crippen LogP contribution in [0, 0.1) is 12.3 Å². The maximum atomic E-state index is 11.6. The summed E-state index contributed by atoms with van der Waals surface area (Å²) in [6.45, 7) is 8.00. The summed E-state index contributed by atoms with van der Waals surface area (Å²) in [6.07, 6.45) is 3.49. The van der Waals surface area contributed by atoms with E-state index in [2.05, 4.69) is 10.6 Å². The number of benzene rings is 1. The summed E-state index contributed by atoms with van der Waals surface area (Å²) < 4.78 is 0. The number of carbonyl (C=O) groups excluding carboxylic acids is 1.